The molecule has 3 rings (SSSR count). The molecule has 0 unspecified atom stereocenters. The van der Waals surface area contributed by atoms with E-state index in [1.807, 2.05) is 47.9 Å². The van der Waals surface area contributed by atoms with Crippen molar-refractivity contribution in [3.8, 4) is 11.3 Å². The summed E-state index contributed by atoms with van der Waals surface area (Å²) in [6.07, 6.45) is 8.59. The monoisotopic (exact) mass is 321 g/mol. The topological polar surface area (TPSA) is 54.9 Å². The molecule has 3 aromatic rings. The lowest BCUT2D eigenvalue weighted by molar-refractivity contribution is -0.116. The summed E-state index contributed by atoms with van der Waals surface area (Å²) in [7, 11) is 0. The van der Waals surface area contributed by atoms with Crippen LogP contribution in [0.5, 0.6) is 0 Å². The van der Waals surface area contributed by atoms with Gasteiger partial charge in [0.25, 0.3) is 0 Å². The molecule has 0 aromatic carbocycles. The van der Waals surface area contributed by atoms with Crippen LogP contribution in [0.1, 0.15) is 10.4 Å². The number of carbonyl (C=O) groups excluding carboxylic acids is 1. The summed E-state index contributed by atoms with van der Waals surface area (Å²) in [6.45, 7) is 0.422. The third-order valence-corrected chi connectivity index (χ3v) is 4.06. The van der Waals surface area contributed by atoms with Gasteiger partial charge in [-0.1, -0.05) is 12.1 Å². The normalized spacial score (nSPS) is 10.8. The average molecular weight is 321 g/mol. The van der Waals surface area contributed by atoms with E-state index in [2.05, 4.69) is 15.3 Å². The van der Waals surface area contributed by atoms with Crippen molar-refractivity contribution in [2.24, 2.45) is 0 Å². The molecule has 0 spiro atoms. The van der Waals surface area contributed by atoms with Crippen LogP contribution in [0, 0.1) is 0 Å². The zero-order chi connectivity index (χ0) is 15.9. The Hall–Kier alpha value is -2.79. The molecule has 3 heterocycles. The largest absolute Gasteiger partial charge is 0.348 e. The summed E-state index contributed by atoms with van der Waals surface area (Å²) < 4.78 is 0. The van der Waals surface area contributed by atoms with Crippen LogP contribution < -0.4 is 5.32 Å². The van der Waals surface area contributed by atoms with Crippen molar-refractivity contribution in [1.29, 1.82) is 0 Å². The summed E-state index contributed by atoms with van der Waals surface area (Å²) in [5.41, 5.74) is 2.73. The second-order valence-corrected chi connectivity index (χ2v) is 5.80. The number of nitrogens with one attached hydrogen (secondary N) is 1. The lowest BCUT2D eigenvalue weighted by atomic mass is 10.1. The maximum Gasteiger partial charge on any atom is 0.244 e. The predicted octanol–water partition coefficient (Wildman–Crippen LogP) is 3.53. The fraction of sp³-hybridized carbons (Fsp3) is 0.0556. The molecule has 0 saturated carbocycles. The van der Waals surface area contributed by atoms with E-state index in [9.17, 15) is 4.79 Å². The third-order valence-electron chi connectivity index (χ3n) is 3.22. The van der Waals surface area contributed by atoms with Crippen LogP contribution in [-0.2, 0) is 11.3 Å². The van der Waals surface area contributed by atoms with Crippen LogP contribution in [0.3, 0.4) is 0 Å². The van der Waals surface area contributed by atoms with E-state index in [4.69, 9.17) is 0 Å². The van der Waals surface area contributed by atoms with Crippen molar-refractivity contribution in [2.45, 2.75) is 6.54 Å². The van der Waals surface area contributed by atoms with Gasteiger partial charge in [0.05, 0.1) is 5.69 Å². The minimum atomic E-state index is -0.126. The van der Waals surface area contributed by atoms with Gasteiger partial charge in [-0.15, -0.1) is 11.3 Å². The highest BCUT2D eigenvalue weighted by atomic mass is 32.1. The van der Waals surface area contributed by atoms with E-state index >= 15 is 0 Å². The van der Waals surface area contributed by atoms with E-state index in [1.165, 1.54) is 0 Å². The number of hydrogen-bond donors (Lipinski definition) is 1. The van der Waals surface area contributed by atoms with Gasteiger partial charge in [-0.3, -0.25) is 14.8 Å². The molecular formula is C18H15N3OS. The Bertz CT molecular complexity index is 798. The quantitative estimate of drug-likeness (QED) is 0.731. The van der Waals surface area contributed by atoms with Gasteiger partial charge in [0, 0.05) is 41.7 Å². The summed E-state index contributed by atoms with van der Waals surface area (Å²) in [5, 5.41) is 4.87. The van der Waals surface area contributed by atoms with Gasteiger partial charge < -0.3 is 5.32 Å². The van der Waals surface area contributed by atoms with E-state index in [-0.39, 0.29) is 5.91 Å². The van der Waals surface area contributed by atoms with Gasteiger partial charge >= 0.3 is 0 Å². The molecule has 5 heteroatoms. The average Bonchev–Trinajstić information content (AvgIpc) is 3.13. The smallest absolute Gasteiger partial charge is 0.244 e. The van der Waals surface area contributed by atoms with Crippen LogP contribution >= 0.6 is 11.3 Å². The van der Waals surface area contributed by atoms with E-state index < -0.39 is 0 Å². The van der Waals surface area contributed by atoms with Crippen molar-refractivity contribution in [3.05, 3.63) is 76.9 Å². The standard InChI is InChI=1S/C18H15N3OS/c22-17(8-7-16-6-3-11-23-16)21-13-15-5-2-10-20-18(15)14-4-1-9-19-12-14/h1-12H,13H2,(H,21,22). The Balaban J connectivity index is 1.68. The van der Waals surface area contributed by atoms with Crippen LogP contribution in [-0.4, -0.2) is 15.9 Å². The first-order valence-corrected chi connectivity index (χ1v) is 8.04. The molecule has 0 fully saturated rings. The first-order chi connectivity index (χ1) is 11.3. The number of thiophene rings is 1. The first-order valence-electron chi connectivity index (χ1n) is 7.16. The highest BCUT2D eigenvalue weighted by Crippen LogP contribution is 2.19. The number of pyridine rings is 2. The van der Waals surface area contributed by atoms with E-state index in [1.54, 1.807) is 36.0 Å². The van der Waals surface area contributed by atoms with Gasteiger partial charge in [0.1, 0.15) is 0 Å². The molecule has 23 heavy (non-hydrogen) atoms. The maximum absolute atomic E-state index is 11.9. The molecule has 0 atom stereocenters. The molecule has 114 valence electrons. The highest BCUT2D eigenvalue weighted by Gasteiger charge is 2.07. The van der Waals surface area contributed by atoms with Crippen LogP contribution in [0.15, 0.2) is 66.4 Å². The number of carbonyl (C=O) groups is 1. The SMILES string of the molecule is O=C(C=Cc1cccs1)NCc1cccnc1-c1cccnc1. The van der Waals surface area contributed by atoms with Crippen molar-refractivity contribution < 1.29 is 4.79 Å². The Morgan fingerprint density at radius 3 is 2.87 bits per heavy atom. The molecule has 0 saturated heterocycles. The Morgan fingerprint density at radius 2 is 2.09 bits per heavy atom. The number of rotatable bonds is 5. The van der Waals surface area contributed by atoms with Gasteiger partial charge in [0.2, 0.25) is 5.91 Å². The number of hydrogen-bond acceptors (Lipinski definition) is 4. The zero-order valence-corrected chi connectivity index (χ0v) is 13.2. The third kappa shape index (κ3) is 4.11. The predicted molar refractivity (Wildman–Crippen MR) is 92.7 cm³/mol. The van der Waals surface area contributed by atoms with Crippen molar-refractivity contribution in [3.63, 3.8) is 0 Å². The van der Waals surface area contributed by atoms with Crippen molar-refractivity contribution in [2.75, 3.05) is 0 Å². The maximum atomic E-state index is 11.9. The summed E-state index contributed by atoms with van der Waals surface area (Å²) in [4.78, 5) is 21.5. The van der Waals surface area contributed by atoms with Gasteiger partial charge in [0.15, 0.2) is 0 Å². The minimum absolute atomic E-state index is 0.126. The van der Waals surface area contributed by atoms with E-state index in [0.717, 1.165) is 21.7 Å². The molecule has 4 nitrogen and oxygen atoms in total. The van der Waals surface area contributed by atoms with Crippen LogP contribution in [0.2, 0.25) is 0 Å². The van der Waals surface area contributed by atoms with E-state index in [0.29, 0.717) is 6.54 Å². The molecular weight excluding hydrogens is 306 g/mol. The Morgan fingerprint density at radius 1 is 1.17 bits per heavy atom. The fourth-order valence-corrected chi connectivity index (χ4v) is 2.75. The number of amides is 1. The molecule has 3 aromatic heterocycles. The second kappa shape index (κ2) is 7.47. The summed E-state index contributed by atoms with van der Waals surface area (Å²) in [5.74, 6) is -0.126. The lowest BCUT2D eigenvalue weighted by Crippen LogP contribution is -2.20. The number of aromatic nitrogens is 2. The molecule has 0 aliphatic heterocycles. The second-order valence-electron chi connectivity index (χ2n) is 4.82. The molecule has 1 N–H and O–H groups in total. The molecule has 0 aliphatic rings. The highest BCUT2D eigenvalue weighted by molar-refractivity contribution is 7.10. The Kier molecular flexibility index (Phi) is 4.91. The first kappa shape index (κ1) is 15.1. The van der Waals surface area contributed by atoms with Crippen LogP contribution in [0.25, 0.3) is 17.3 Å². The van der Waals surface area contributed by atoms with Crippen molar-refractivity contribution >= 4 is 23.3 Å². The van der Waals surface area contributed by atoms with Gasteiger partial charge in [-0.25, -0.2) is 0 Å². The van der Waals surface area contributed by atoms with Gasteiger partial charge in [-0.05, 0) is 41.3 Å². The molecule has 1 amide bonds. The van der Waals surface area contributed by atoms with Crippen molar-refractivity contribution in [1.82, 2.24) is 15.3 Å². The zero-order valence-electron chi connectivity index (χ0n) is 12.3. The lowest BCUT2D eigenvalue weighted by Gasteiger charge is -2.08. The number of nitrogens with zero attached hydrogens (tertiary/aromatic N) is 2. The molecule has 0 bridgehead atoms. The summed E-state index contributed by atoms with van der Waals surface area (Å²) in [6, 6.07) is 11.6. The molecule has 0 radical (unpaired) electrons. The van der Waals surface area contributed by atoms with Gasteiger partial charge in [-0.2, -0.15) is 0 Å². The Labute approximate surface area is 138 Å². The minimum Gasteiger partial charge on any atom is -0.348 e. The molecule has 0 aliphatic carbocycles. The summed E-state index contributed by atoms with van der Waals surface area (Å²) >= 11 is 1.60. The van der Waals surface area contributed by atoms with Crippen LogP contribution in [0.4, 0.5) is 0 Å². The fourth-order valence-electron chi connectivity index (χ4n) is 2.13.